The van der Waals surface area contributed by atoms with Gasteiger partial charge in [-0.05, 0) is 18.6 Å². The highest BCUT2D eigenvalue weighted by molar-refractivity contribution is 7.11. The Morgan fingerprint density at radius 2 is 1.76 bits per heavy atom. The van der Waals surface area contributed by atoms with Crippen molar-refractivity contribution in [3.05, 3.63) is 21.9 Å². The van der Waals surface area contributed by atoms with Crippen molar-refractivity contribution >= 4 is 11.3 Å². The topological polar surface area (TPSA) is 26.7 Å². The molecule has 17 heavy (non-hydrogen) atoms. The van der Waals surface area contributed by atoms with Crippen molar-refractivity contribution in [1.82, 2.24) is 9.80 Å². The Kier molecular flexibility index (Phi) is 4.98. The van der Waals surface area contributed by atoms with Gasteiger partial charge < -0.3 is 5.11 Å². The lowest BCUT2D eigenvalue weighted by Crippen LogP contribution is -2.46. The third kappa shape index (κ3) is 3.78. The minimum absolute atomic E-state index is 0.283. The van der Waals surface area contributed by atoms with Gasteiger partial charge in [-0.25, -0.2) is 0 Å². The van der Waals surface area contributed by atoms with Crippen LogP contribution >= 0.6 is 11.3 Å². The predicted molar refractivity (Wildman–Crippen MR) is 72.5 cm³/mol. The Bertz CT molecular complexity index is 332. The van der Waals surface area contributed by atoms with E-state index in [1.807, 2.05) is 11.3 Å². The lowest BCUT2D eigenvalue weighted by Gasteiger charge is -2.34. The third-order valence-electron chi connectivity index (χ3n) is 3.33. The minimum atomic E-state index is 0.283. The quantitative estimate of drug-likeness (QED) is 0.861. The molecule has 1 aliphatic heterocycles. The Labute approximate surface area is 108 Å². The van der Waals surface area contributed by atoms with E-state index in [4.69, 9.17) is 5.11 Å². The summed E-state index contributed by atoms with van der Waals surface area (Å²) in [5, 5.41) is 8.90. The molecule has 96 valence electrons. The van der Waals surface area contributed by atoms with Crippen LogP contribution in [0.5, 0.6) is 0 Å². The van der Waals surface area contributed by atoms with Gasteiger partial charge in [0.05, 0.1) is 6.61 Å². The van der Waals surface area contributed by atoms with Crippen molar-refractivity contribution in [3.63, 3.8) is 0 Å². The molecular weight excluding hydrogens is 232 g/mol. The van der Waals surface area contributed by atoms with Crippen LogP contribution in [0.3, 0.4) is 0 Å². The van der Waals surface area contributed by atoms with Crippen LogP contribution in [-0.4, -0.2) is 54.2 Å². The fraction of sp³-hybridized carbons (Fsp3) is 0.692. The summed E-state index contributed by atoms with van der Waals surface area (Å²) < 4.78 is 0. The van der Waals surface area contributed by atoms with Gasteiger partial charge in [-0.15, -0.1) is 11.3 Å². The molecule has 0 bridgehead atoms. The minimum Gasteiger partial charge on any atom is -0.395 e. The normalized spacial score (nSPS) is 18.7. The standard InChI is InChI=1S/C13H22N2OS/c1-2-12-3-4-13(17-12)11-15-7-5-14(6-8-15)9-10-16/h3-4,16H,2,5-11H2,1H3. The molecule has 2 heterocycles. The number of nitrogens with zero attached hydrogens (tertiary/aromatic N) is 2. The van der Waals surface area contributed by atoms with Crippen LogP contribution in [0.4, 0.5) is 0 Å². The Morgan fingerprint density at radius 3 is 2.35 bits per heavy atom. The predicted octanol–water partition coefficient (Wildman–Crippen LogP) is 1.42. The molecule has 1 aliphatic rings. The van der Waals surface area contributed by atoms with Crippen molar-refractivity contribution < 1.29 is 5.11 Å². The van der Waals surface area contributed by atoms with E-state index in [0.29, 0.717) is 0 Å². The first-order chi connectivity index (χ1) is 8.31. The maximum absolute atomic E-state index is 8.90. The molecule has 0 unspecified atom stereocenters. The largest absolute Gasteiger partial charge is 0.395 e. The average Bonchev–Trinajstić information content (AvgIpc) is 2.80. The van der Waals surface area contributed by atoms with Gasteiger partial charge in [0, 0.05) is 49.0 Å². The van der Waals surface area contributed by atoms with Crippen LogP contribution in [0.1, 0.15) is 16.7 Å². The highest BCUT2D eigenvalue weighted by atomic mass is 32.1. The molecule has 1 N–H and O–H groups in total. The molecule has 4 heteroatoms. The van der Waals surface area contributed by atoms with Crippen LogP contribution in [0.25, 0.3) is 0 Å². The number of piperazine rings is 1. The molecule has 3 nitrogen and oxygen atoms in total. The second-order valence-electron chi connectivity index (χ2n) is 4.56. The van der Waals surface area contributed by atoms with Crippen molar-refractivity contribution in [1.29, 1.82) is 0 Å². The molecule has 0 aliphatic carbocycles. The van der Waals surface area contributed by atoms with Crippen molar-refractivity contribution in [2.45, 2.75) is 19.9 Å². The van der Waals surface area contributed by atoms with Gasteiger partial charge in [0.2, 0.25) is 0 Å². The van der Waals surface area contributed by atoms with Crippen molar-refractivity contribution in [2.24, 2.45) is 0 Å². The van der Waals surface area contributed by atoms with Crippen LogP contribution in [0.2, 0.25) is 0 Å². The van der Waals surface area contributed by atoms with Crippen LogP contribution in [0.15, 0.2) is 12.1 Å². The summed E-state index contributed by atoms with van der Waals surface area (Å²) in [6.45, 7) is 8.84. The van der Waals surface area contributed by atoms with E-state index in [9.17, 15) is 0 Å². The van der Waals surface area contributed by atoms with E-state index in [1.165, 1.54) is 9.75 Å². The molecule has 0 radical (unpaired) electrons. The van der Waals surface area contributed by atoms with E-state index in [-0.39, 0.29) is 6.61 Å². The van der Waals surface area contributed by atoms with Gasteiger partial charge in [-0.1, -0.05) is 6.92 Å². The molecule has 0 amide bonds. The molecule has 1 aromatic rings. The fourth-order valence-corrected chi connectivity index (χ4v) is 3.23. The first-order valence-corrected chi connectivity index (χ1v) is 7.26. The average molecular weight is 254 g/mol. The summed E-state index contributed by atoms with van der Waals surface area (Å²) in [6, 6.07) is 4.52. The van der Waals surface area contributed by atoms with Gasteiger partial charge in [-0.3, -0.25) is 9.80 Å². The van der Waals surface area contributed by atoms with E-state index < -0.39 is 0 Å². The number of hydrogen-bond acceptors (Lipinski definition) is 4. The molecule has 2 rings (SSSR count). The lowest BCUT2D eigenvalue weighted by molar-refractivity contribution is 0.109. The number of aryl methyl sites for hydroxylation is 1. The van der Waals surface area contributed by atoms with Crippen LogP contribution < -0.4 is 0 Å². The van der Waals surface area contributed by atoms with Crippen LogP contribution in [-0.2, 0) is 13.0 Å². The zero-order chi connectivity index (χ0) is 12.1. The highest BCUT2D eigenvalue weighted by Crippen LogP contribution is 2.19. The first-order valence-electron chi connectivity index (χ1n) is 6.45. The maximum Gasteiger partial charge on any atom is 0.0558 e. The van der Waals surface area contributed by atoms with Gasteiger partial charge in [0.15, 0.2) is 0 Å². The molecule has 1 aromatic heterocycles. The van der Waals surface area contributed by atoms with E-state index in [1.54, 1.807) is 0 Å². The lowest BCUT2D eigenvalue weighted by atomic mass is 10.3. The number of aliphatic hydroxyl groups is 1. The molecule has 0 saturated carbocycles. The number of aliphatic hydroxyl groups excluding tert-OH is 1. The number of hydrogen-bond donors (Lipinski definition) is 1. The SMILES string of the molecule is CCc1ccc(CN2CCN(CCO)CC2)s1. The summed E-state index contributed by atoms with van der Waals surface area (Å²) in [5.41, 5.74) is 0. The maximum atomic E-state index is 8.90. The van der Waals surface area contributed by atoms with Gasteiger partial charge in [0.25, 0.3) is 0 Å². The number of β-amino-alcohol motifs (C(OH)–C–C–N with tert-alkyl or cyclic N) is 1. The monoisotopic (exact) mass is 254 g/mol. The van der Waals surface area contributed by atoms with Crippen LogP contribution in [0, 0.1) is 0 Å². The summed E-state index contributed by atoms with van der Waals surface area (Å²) >= 11 is 1.94. The summed E-state index contributed by atoms with van der Waals surface area (Å²) in [4.78, 5) is 7.82. The second kappa shape index (κ2) is 6.50. The van der Waals surface area contributed by atoms with E-state index in [0.717, 1.165) is 45.7 Å². The van der Waals surface area contributed by atoms with Gasteiger partial charge >= 0.3 is 0 Å². The summed E-state index contributed by atoms with van der Waals surface area (Å²) in [6.07, 6.45) is 1.15. The highest BCUT2D eigenvalue weighted by Gasteiger charge is 2.16. The van der Waals surface area contributed by atoms with E-state index in [2.05, 4.69) is 28.9 Å². The number of thiophene rings is 1. The smallest absolute Gasteiger partial charge is 0.0558 e. The Hall–Kier alpha value is -0.420. The van der Waals surface area contributed by atoms with Crippen molar-refractivity contribution in [2.75, 3.05) is 39.3 Å². The molecule has 0 atom stereocenters. The molecule has 0 aromatic carbocycles. The third-order valence-corrected chi connectivity index (χ3v) is 4.54. The molecular formula is C13H22N2OS. The Balaban J connectivity index is 1.77. The molecule has 0 spiro atoms. The zero-order valence-corrected chi connectivity index (χ0v) is 11.4. The Morgan fingerprint density at radius 1 is 1.12 bits per heavy atom. The molecule has 1 saturated heterocycles. The van der Waals surface area contributed by atoms with Crippen molar-refractivity contribution in [3.8, 4) is 0 Å². The fourth-order valence-electron chi connectivity index (χ4n) is 2.23. The molecule has 1 fully saturated rings. The summed E-state index contributed by atoms with van der Waals surface area (Å²) in [5.74, 6) is 0. The summed E-state index contributed by atoms with van der Waals surface area (Å²) in [7, 11) is 0. The number of rotatable bonds is 5. The van der Waals surface area contributed by atoms with E-state index >= 15 is 0 Å². The van der Waals surface area contributed by atoms with Gasteiger partial charge in [-0.2, -0.15) is 0 Å². The van der Waals surface area contributed by atoms with Gasteiger partial charge in [0.1, 0.15) is 0 Å². The second-order valence-corrected chi connectivity index (χ2v) is 5.82. The zero-order valence-electron chi connectivity index (χ0n) is 10.6. The first kappa shape index (κ1) is 13.0.